The average Bonchev–Trinajstić information content (AvgIpc) is 2.64. The molecule has 2 aromatic carbocycles. The first-order chi connectivity index (χ1) is 12.4. The van der Waals surface area contributed by atoms with Crippen LogP contribution in [0.3, 0.4) is 0 Å². The molecule has 1 N–H and O–H groups in total. The first-order valence-electron chi connectivity index (χ1n) is 8.90. The molecule has 1 saturated heterocycles. The maximum absolute atomic E-state index is 12.6. The maximum atomic E-state index is 12.6. The number of nitrogens with one attached hydrogen (secondary N) is 1. The van der Waals surface area contributed by atoms with Crippen LogP contribution >= 0.6 is 0 Å². The fraction of sp³-hybridized carbons (Fsp3) is 0.333. The van der Waals surface area contributed by atoms with E-state index >= 15 is 0 Å². The second-order valence-electron chi connectivity index (χ2n) is 6.95. The fourth-order valence-corrected chi connectivity index (χ4v) is 3.10. The number of nitrogens with zero attached hydrogens (tertiary/aromatic N) is 2. The number of piperazine rings is 1. The molecule has 2 aromatic rings. The largest absolute Gasteiger partial charge is 0.336 e. The van der Waals surface area contributed by atoms with Crippen molar-refractivity contribution in [3.8, 4) is 0 Å². The molecule has 136 valence electrons. The van der Waals surface area contributed by atoms with Crippen molar-refractivity contribution in [3.05, 3.63) is 64.7 Å². The minimum absolute atomic E-state index is 0.0273. The lowest BCUT2D eigenvalue weighted by Gasteiger charge is -2.32. The van der Waals surface area contributed by atoms with Crippen LogP contribution in [-0.2, 0) is 0 Å². The number of anilines is 1. The predicted octanol–water partition coefficient (Wildman–Crippen LogP) is 2.94. The zero-order valence-electron chi connectivity index (χ0n) is 15.6. The SMILES string of the molecule is Cc1ccc(NC(=O)c2ccc(C(=O)N3CCN(C)CC3)cc2)c(C)c1. The van der Waals surface area contributed by atoms with Gasteiger partial charge in [0.15, 0.2) is 0 Å². The van der Waals surface area contributed by atoms with E-state index in [-0.39, 0.29) is 11.8 Å². The monoisotopic (exact) mass is 351 g/mol. The Balaban J connectivity index is 1.67. The molecule has 2 amide bonds. The lowest BCUT2D eigenvalue weighted by atomic mass is 10.1. The van der Waals surface area contributed by atoms with Crippen molar-refractivity contribution >= 4 is 17.5 Å². The number of aryl methyl sites for hydroxylation is 2. The van der Waals surface area contributed by atoms with E-state index in [1.54, 1.807) is 24.3 Å². The van der Waals surface area contributed by atoms with E-state index in [9.17, 15) is 9.59 Å². The molecule has 1 aliphatic heterocycles. The highest BCUT2D eigenvalue weighted by molar-refractivity contribution is 6.05. The van der Waals surface area contributed by atoms with Gasteiger partial charge in [-0.3, -0.25) is 9.59 Å². The summed E-state index contributed by atoms with van der Waals surface area (Å²) in [6.07, 6.45) is 0. The molecule has 0 radical (unpaired) electrons. The van der Waals surface area contributed by atoms with Crippen LogP contribution in [0.5, 0.6) is 0 Å². The first-order valence-corrected chi connectivity index (χ1v) is 8.90. The van der Waals surface area contributed by atoms with Gasteiger partial charge >= 0.3 is 0 Å². The minimum Gasteiger partial charge on any atom is -0.336 e. The van der Waals surface area contributed by atoms with E-state index in [1.165, 1.54) is 0 Å². The summed E-state index contributed by atoms with van der Waals surface area (Å²) in [6.45, 7) is 7.26. The van der Waals surface area contributed by atoms with Crippen molar-refractivity contribution in [2.45, 2.75) is 13.8 Å². The Bertz CT molecular complexity index is 807. The Kier molecular flexibility index (Phi) is 5.38. The van der Waals surface area contributed by atoms with Gasteiger partial charge < -0.3 is 15.1 Å². The Morgan fingerprint density at radius 2 is 1.50 bits per heavy atom. The maximum Gasteiger partial charge on any atom is 0.255 e. The van der Waals surface area contributed by atoms with Crippen molar-refractivity contribution in [1.29, 1.82) is 0 Å². The summed E-state index contributed by atoms with van der Waals surface area (Å²) in [6, 6.07) is 12.8. The van der Waals surface area contributed by atoms with Crippen molar-refractivity contribution in [1.82, 2.24) is 9.80 Å². The smallest absolute Gasteiger partial charge is 0.255 e. The molecule has 26 heavy (non-hydrogen) atoms. The predicted molar refractivity (Wildman–Crippen MR) is 104 cm³/mol. The molecule has 0 aliphatic carbocycles. The highest BCUT2D eigenvalue weighted by atomic mass is 16.2. The minimum atomic E-state index is -0.171. The zero-order valence-corrected chi connectivity index (χ0v) is 15.6. The average molecular weight is 351 g/mol. The number of carbonyl (C=O) groups excluding carboxylic acids is 2. The third kappa shape index (κ3) is 4.11. The highest BCUT2D eigenvalue weighted by Crippen LogP contribution is 2.17. The number of hydrogen-bond donors (Lipinski definition) is 1. The molecule has 0 atom stereocenters. The summed E-state index contributed by atoms with van der Waals surface area (Å²) < 4.78 is 0. The van der Waals surface area contributed by atoms with Gasteiger partial charge in [-0.25, -0.2) is 0 Å². The summed E-state index contributed by atoms with van der Waals surface area (Å²) in [5.74, 6) is -0.144. The van der Waals surface area contributed by atoms with Crippen molar-refractivity contribution in [3.63, 3.8) is 0 Å². The van der Waals surface area contributed by atoms with Gasteiger partial charge in [0.2, 0.25) is 0 Å². The van der Waals surface area contributed by atoms with Gasteiger partial charge in [-0.15, -0.1) is 0 Å². The van der Waals surface area contributed by atoms with Crippen LogP contribution in [0.2, 0.25) is 0 Å². The lowest BCUT2D eigenvalue weighted by Crippen LogP contribution is -2.47. The first kappa shape index (κ1) is 18.1. The number of likely N-dealkylation sites (N-methyl/N-ethyl adjacent to an activating group) is 1. The molecule has 0 spiro atoms. The van der Waals surface area contributed by atoms with Crippen molar-refractivity contribution in [2.24, 2.45) is 0 Å². The lowest BCUT2D eigenvalue weighted by molar-refractivity contribution is 0.0664. The van der Waals surface area contributed by atoms with Gasteiger partial charge in [0, 0.05) is 43.0 Å². The molecule has 0 unspecified atom stereocenters. The number of hydrogen-bond acceptors (Lipinski definition) is 3. The normalized spacial score (nSPS) is 15.0. The molecule has 0 bridgehead atoms. The molecule has 1 heterocycles. The van der Waals surface area contributed by atoms with Crippen LogP contribution in [0.1, 0.15) is 31.8 Å². The summed E-state index contributed by atoms with van der Waals surface area (Å²) in [4.78, 5) is 29.1. The molecule has 0 aromatic heterocycles. The quantitative estimate of drug-likeness (QED) is 0.925. The van der Waals surface area contributed by atoms with Crippen LogP contribution in [0.4, 0.5) is 5.69 Å². The van der Waals surface area contributed by atoms with Gasteiger partial charge in [-0.1, -0.05) is 17.7 Å². The Morgan fingerprint density at radius 1 is 0.885 bits per heavy atom. The summed E-state index contributed by atoms with van der Waals surface area (Å²) in [7, 11) is 2.06. The number of carbonyl (C=O) groups is 2. The van der Waals surface area contributed by atoms with Crippen molar-refractivity contribution in [2.75, 3.05) is 38.5 Å². The second kappa shape index (κ2) is 7.70. The van der Waals surface area contributed by atoms with E-state index in [0.29, 0.717) is 11.1 Å². The third-order valence-electron chi connectivity index (χ3n) is 4.81. The topological polar surface area (TPSA) is 52.7 Å². The van der Waals surface area contributed by atoms with Gasteiger partial charge in [0.25, 0.3) is 11.8 Å². The Hall–Kier alpha value is -2.66. The van der Waals surface area contributed by atoms with Crippen LogP contribution in [-0.4, -0.2) is 54.8 Å². The van der Waals surface area contributed by atoms with E-state index in [0.717, 1.165) is 43.0 Å². The third-order valence-corrected chi connectivity index (χ3v) is 4.81. The molecule has 5 nitrogen and oxygen atoms in total. The Morgan fingerprint density at radius 3 is 2.12 bits per heavy atom. The molecule has 1 fully saturated rings. The molecular formula is C21H25N3O2. The van der Waals surface area contributed by atoms with Crippen LogP contribution < -0.4 is 5.32 Å². The van der Waals surface area contributed by atoms with Crippen molar-refractivity contribution < 1.29 is 9.59 Å². The van der Waals surface area contributed by atoms with Gasteiger partial charge in [0.1, 0.15) is 0 Å². The molecule has 0 saturated carbocycles. The molecule has 1 aliphatic rings. The Labute approximate surface area is 154 Å². The van der Waals surface area contributed by atoms with Gasteiger partial charge in [-0.2, -0.15) is 0 Å². The molecular weight excluding hydrogens is 326 g/mol. The highest BCUT2D eigenvalue weighted by Gasteiger charge is 2.20. The number of benzene rings is 2. The zero-order chi connectivity index (χ0) is 18.7. The van der Waals surface area contributed by atoms with E-state index in [1.807, 2.05) is 36.9 Å². The van der Waals surface area contributed by atoms with Gasteiger partial charge in [-0.05, 0) is 56.8 Å². The summed E-state index contributed by atoms with van der Waals surface area (Å²) in [5, 5.41) is 2.93. The molecule has 3 rings (SSSR count). The van der Waals surface area contributed by atoms with E-state index in [2.05, 4.69) is 17.3 Å². The van der Waals surface area contributed by atoms with Crippen LogP contribution in [0, 0.1) is 13.8 Å². The number of amides is 2. The number of rotatable bonds is 3. The van der Waals surface area contributed by atoms with Crippen LogP contribution in [0.15, 0.2) is 42.5 Å². The van der Waals surface area contributed by atoms with Gasteiger partial charge in [0.05, 0.1) is 0 Å². The summed E-state index contributed by atoms with van der Waals surface area (Å²) >= 11 is 0. The fourth-order valence-electron chi connectivity index (χ4n) is 3.10. The molecule has 5 heteroatoms. The van der Waals surface area contributed by atoms with E-state index in [4.69, 9.17) is 0 Å². The standard InChI is InChI=1S/C21H25N3O2/c1-15-4-9-19(16(2)14-15)22-20(25)17-5-7-18(8-6-17)21(26)24-12-10-23(3)11-13-24/h4-9,14H,10-13H2,1-3H3,(H,22,25). The summed E-state index contributed by atoms with van der Waals surface area (Å²) in [5.41, 5.74) is 4.16. The second-order valence-corrected chi connectivity index (χ2v) is 6.95. The van der Waals surface area contributed by atoms with Crippen LogP contribution in [0.25, 0.3) is 0 Å². The van der Waals surface area contributed by atoms with E-state index < -0.39 is 0 Å².